The third-order valence-electron chi connectivity index (χ3n) is 2.36. The Hall–Kier alpha value is -1.84. The van der Waals surface area contributed by atoms with Crippen LogP contribution in [0, 0.1) is 0 Å². The Labute approximate surface area is 98.2 Å². The van der Waals surface area contributed by atoms with Crippen molar-refractivity contribution < 1.29 is 19.0 Å². The van der Waals surface area contributed by atoms with Crippen LogP contribution >= 0.6 is 8.03 Å². The molecule has 0 aliphatic carbocycles. The van der Waals surface area contributed by atoms with Crippen LogP contribution in [0.3, 0.4) is 0 Å². The van der Waals surface area contributed by atoms with Crippen LogP contribution in [0.25, 0.3) is 5.57 Å². The molecule has 0 saturated heterocycles. The summed E-state index contributed by atoms with van der Waals surface area (Å²) in [4.78, 5) is 32.9. The lowest BCUT2D eigenvalue weighted by atomic mass is 10.1. The predicted octanol–water partition coefficient (Wildman–Crippen LogP) is 1.13. The molecule has 86 valence electrons. The van der Waals surface area contributed by atoms with Crippen LogP contribution in [-0.2, 0) is 14.2 Å². The second kappa shape index (κ2) is 4.57. The van der Waals surface area contributed by atoms with Crippen LogP contribution in [0.2, 0.25) is 0 Å². The van der Waals surface area contributed by atoms with Crippen molar-refractivity contribution >= 4 is 25.4 Å². The van der Waals surface area contributed by atoms with Gasteiger partial charge in [0, 0.05) is 6.08 Å². The molecule has 6 heteroatoms. The Bertz CT molecular complexity index is 524. The third-order valence-corrected chi connectivity index (χ3v) is 2.88. The van der Waals surface area contributed by atoms with E-state index in [4.69, 9.17) is 4.89 Å². The number of carbonyl (C=O) groups is 2. The smallest absolute Gasteiger partial charge is 0.269 e. The number of hydrogen-bond donors (Lipinski definition) is 1. The van der Waals surface area contributed by atoms with Crippen molar-refractivity contribution in [3.63, 3.8) is 0 Å². The number of carbonyl (C=O) groups excluding carboxylic acids is 2. The van der Waals surface area contributed by atoms with E-state index in [2.05, 4.69) is 0 Å². The summed E-state index contributed by atoms with van der Waals surface area (Å²) in [6, 6.07) is 8.72. The Morgan fingerprint density at radius 1 is 1.18 bits per heavy atom. The first-order chi connectivity index (χ1) is 8.09. The Balaban J connectivity index is 2.29. The van der Waals surface area contributed by atoms with Crippen molar-refractivity contribution in [2.45, 2.75) is 0 Å². The van der Waals surface area contributed by atoms with Gasteiger partial charge in [0.25, 0.3) is 18.1 Å². The largest absolute Gasteiger partial charge is 0.528 e. The summed E-state index contributed by atoms with van der Waals surface area (Å²) in [6.07, 6.45) is 0.732. The minimum atomic E-state index is -2.55. The van der Waals surface area contributed by atoms with Gasteiger partial charge in [0.05, 0.1) is 5.57 Å². The number of rotatable bonds is 3. The maximum Gasteiger partial charge on any atom is 0.528 e. The van der Waals surface area contributed by atoms with Gasteiger partial charge in [-0.05, 0) is 10.1 Å². The van der Waals surface area contributed by atoms with E-state index >= 15 is 0 Å². The Kier molecular flexibility index (Phi) is 3.13. The fraction of sp³-hybridized carbons (Fsp3) is 0.0909. The molecule has 17 heavy (non-hydrogen) atoms. The third kappa shape index (κ3) is 2.30. The zero-order valence-corrected chi connectivity index (χ0v) is 9.63. The summed E-state index contributed by atoms with van der Waals surface area (Å²) in [5.41, 5.74) is 0.883. The van der Waals surface area contributed by atoms with Gasteiger partial charge in [-0.1, -0.05) is 30.3 Å². The highest BCUT2D eigenvalue weighted by atomic mass is 31.1. The van der Waals surface area contributed by atoms with Gasteiger partial charge >= 0.3 is 8.03 Å². The number of hydrogen-bond acceptors (Lipinski definition) is 3. The van der Waals surface area contributed by atoms with Crippen LogP contribution in [0.5, 0.6) is 0 Å². The average molecular weight is 250 g/mol. The highest BCUT2D eigenvalue weighted by Crippen LogP contribution is 2.26. The fourth-order valence-corrected chi connectivity index (χ4v) is 2.10. The molecule has 1 unspecified atom stereocenters. The lowest BCUT2D eigenvalue weighted by Crippen LogP contribution is -2.30. The van der Waals surface area contributed by atoms with Crippen LogP contribution in [0.4, 0.5) is 0 Å². The predicted molar refractivity (Wildman–Crippen MR) is 61.0 cm³/mol. The van der Waals surface area contributed by atoms with Gasteiger partial charge in [0.1, 0.15) is 0 Å². The van der Waals surface area contributed by atoms with E-state index in [0.717, 1.165) is 4.90 Å². The van der Waals surface area contributed by atoms with Crippen molar-refractivity contribution in [3.05, 3.63) is 42.0 Å². The number of amides is 2. The minimum Gasteiger partial charge on any atom is -0.269 e. The molecule has 5 nitrogen and oxygen atoms in total. The van der Waals surface area contributed by atoms with E-state index in [0.29, 0.717) is 5.56 Å². The zero-order valence-electron chi connectivity index (χ0n) is 8.74. The molecule has 2 rings (SSSR count). The molecule has 0 radical (unpaired) electrons. The first-order valence-electron chi connectivity index (χ1n) is 4.86. The zero-order chi connectivity index (χ0) is 12.4. The van der Waals surface area contributed by atoms with Gasteiger partial charge in [-0.3, -0.25) is 9.59 Å². The van der Waals surface area contributed by atoms with Crippen LogP contribution < -0.4 is 0 Å². The lowest BCUT2D eigenvalue weighted by Gasteiger charge is -2.07. The first kappa shape index (κ1) is 11.6. The molecule has 1 aromatic rings. The molecule has 1 aromatic carbocycles. The van der Waals surface area contributed by atoms with Crippen molar-refractivity contribution in [2.75, 3.05) is 6.29 Å². The van der Waals surface area contributed by atoms with Crippen molar-refractivity contribution in [1.82, 2.24) is 4.90 Å². The molecule has 0 saturated carbocycles. The standard InChI is InChI=1S/C11H8NO4P/c13-10-6-9(8-4-2-1-3-5-8)11(14)12(10)7-17(15)16/h1-6H,7H2/p+1. The summed E-state index contributed by atoms with van der Waals surface area (Å²) < 4.78 is 10.7. The Morgan fingerprint density at radius 3 is 2.41 bits per heavy atom. The molecule has 1 atom stereocenters. The molecule has 1 aliphatic heterocycles. The van der Waals surface area contributed by atoms with Crippen LogP contribution in [0.1, 0.15) is 5.56 Å². The molecule has 1 heterocycles. The van der Waals surface area contributed by atoms with Crippen molar-refractivity contribution in [1.29, 1.82) is 0 Å². The van der Waals surface area contributed by atoms with Gasteiger partial charge < -0.3 is 0 Å². The van der Waals surface area contributed by atoms with Gasteiger partial charge in [0.15, 0.2) is 0 Å². The Morgan fingerprint density at radius 2 is 1.82 bits per heavy atom. The SMILES string of the molecule is O=C1C=C(c2ccccc2)C(=O)N1C[P+](=O)O. The van der Waals surface area contributed by atoms with Gasteiger partial charge in [0.2, 0.25) is 0 Å². The van der Waals surface area contributed by atoms with E-state index < -0.39 is 26.1 Å². The van der Waals surface area contributed by atoms with E-state index in [1.165, 1.54) is 6.08 Å². The van der Waals surface area contributed by atoms with Gasteiger partial charge in [-0.2, -0.15) is 4.89 Å². The molecule has 1 N–H and O–H groups in total. The van der Waals surface area contributed by atoms with Crippen molar-refractivity contribution in [2.24, 2.45) is 0 Å². The first-order valence-corrected chi connectivity index (χ1v) is 6.26. The summed E-state index contributed by atoms with van der Waals surface area (Å²) in [5.74, 6) is -1.08. The lowest BCUT2D eigenvalue weighted by molar-refractivity contribution is -0.135. The quantitative estimate of drug-likeness (QED) is 0.644. The highest BCUT2D eigenvalue weighted by Gasteiger charge is 2.36. The van der Waals surface area contributed by atoms with Crippen LogP contribution in [0.15, 0.2) is 36.4 Å². The van der Waals surface area contributed by atoms with Gasteiger partial charge in [-0.25, -0.2) is 4.90 Å². The fourth-order valence-electron chi connectivity index (χ4n) is 1.59. The summed E-state index contributed by atoms with van der Waals surface area (Å²) in [5, 5.41) is 0. The summed E-state index contributed by atoms with van der Waals surface area (Å²) in [7, 11) is -2.55. The molecular weight excluding hydrogens is 241 g/mol. The van der Waals surface area contributed by atoms with E-state index in [1.807, 2.05) is 0 Å². The summed E-state index contributed by atoms with van der Waals surface area (Å²) in [6.45, 7) is 0. The van der Waals surface area contributed by atoms with Crippen LogP contribution in [-0.4, -0.2) is 27.9 Å². The normalized spacial score (nSPS) is 16.2. The second-order valence-corrected chi connectivity index (χ2v) is 4.48. The van der Waals surface area contributed by atoms with E-state index in [-0.39, 0.29) is 5.57 Å². The highest BCUT2D eigenvalue weighted by molar-refractivity contribution is 7.38. The van der Waals surface area contributed by atoms with E-state index in [9.17, 15) is 14.2 Å². The molecule has 2 amide bonds. The maximum absolute atomic E-state index is 11.8. The topological polar surface area (TPSA) is 74.7 Å². The maximum atomic E-state index is 11.8. The average Bonchev–Trinajstić information content (AvgIpc) is 2.58. The van der Waals surface area contributed by atoms with E-state index in [1.54, 1.807) is 30.3 Å². The number of imide groups is 1. The number of benzene rings is 1. The summed E-state index contributed by atoms with van der Waals surface area (Å²) >= 11 is 0. The minimum absolute atomic E-state index is 0.257. The number of nitrogens with zero attached hydrogens (tertiary/aromatic N) is 1. The second-order valence-electron chi connectivity index (χ2n) is 3.49. The molecule has 0 aromatic heterocycles. The monoisotopic (exact) mass is 250 g/mol. The van der Waals surface area contributed by atoms with Gasteiger partial charge in [-0.15, -0.1) is 0 Å². The van der Waals surface area contributed by atoms with Crippen molar-refractivity contribution in [3.8, 4) is 0 Å². The molecule has 0 fully saturated rings. The molecule has 1 aliphatic rings. The molecule has 0 spiro atoms. The molecule has 0 bridgehead atoms. The molecular formula is C11H9NO4P+.